The largest absolute Gasteiger partial charge is 0.468 e. The van der Waals surface area contributed by atoms with Gasteiger partial charge in [-0.15, -0.1) is 0 Å². The van der Waals surface area contributed by atoms with Crippen molar-refractivity contribution in [1.82, 2.24) is 10.8 Å². The molecule has 5 heteroatoms. The minimum absolute atomic E-state index is 0.0456. The molecule has 5 nitrogen and oxygen atoms in total. The topological polar surface area (TPSA) is 70.6 Å². The van der Waals surface area contributed by atoms with Gasteiger partial charge in [0.1, 0.15) is 5.54 Å². The van der Waals surface area contributed by atoms with Crippen LogP contribution in [0, 0.1) is 5.92 Å². The lowest BCUT2D eigenvalue weighted by molar-refractivity contribution is -0.148. The minimum atomic E-state index is -0.893. The van der Waals surface area contributed by atoms with E-state index in [1.165, 1.54) is 7.11 Å². The van der Waals surface area contributed by atoms with Crippen molar-refractivity contribution in [2.75, 3.05) is 20.7 Å². The first-order valence-corrected chi connectivity index (χ1v) is 6.02. The Hall–Kier alpha value is -0.910. The van der Waals surface area contributed by atoms with Crippen LogP contribution in [0.25, 0.3) is 0 Å². The Morgan fingerprint density at radius 2 is 2.35 bits per heavy atom. The van der Waals surface area contributed by atoms with Gasteiger partial charge in [0, 0.05) is 5.92 Å². The van der Waals surface area contributed by atoms with Crippen molar-refractivity contribution in [2.24, 2.45) is 5.92 Å². The number of ether oxygens (including phenoxy) is 1. The normalized spacial score (nSPS) is 27.4. The zero-order chi connectivity index (χ0) is 12.7. The van der Waals surface area contributed by atoms with Crippen molar-refractivity contribution in [2.45, 2.75) is 31.2 Å². The number of unbranched alkanes of at least 4 members (excludes halogenated alkanes) is 2. The summed E-state index contributed by atoms with van der Waals surface area (Å²) in [4.78, 5) is 11.4. The highest BCUT2D eigenvalue weighted by Gasteiger charge is 2.60. The lowest BCUT2D eigenvalue weighted by Crippen LogP contribution is -2.39. The van der Waals surface area contributed by atoms with E-state index in [-0.39, 0.29) is 5.92 Å². The second-order valence-electron chi connectivity index (χ2n) is 4.41. The number of hydroxylamine groups is 1. The molecule has 0 amide bonds. The Kier molecular flexibility index (Phi) is 5.61. The third-order valence-electron chi connectivity index (χ3n) is 3.18. The fourth-order valence-corrected chi connectivity index (χ4v) is 1.94. The summed E-state index contributed by atoms with van der Waals surface area (Å²) in [5.41, 5.74) is 1.19. The van der Waals surface area contributed by atoms with Crippen molar-refractivity contribution in [3.63, 3.8) is 0 Å². The molecule has 98 valence electrons. The maximum Gasteiger partial charge on any atom is 0.328 e. The molecule has 1 aliphatic rings. The molecule has 1 saturated carbocycles. The molecule has 1 aliphatic carbocycles. The van der Waals surface area contributed by atoms with Gasteiger partial charge in [-0.25, -0.2) is 4.79 Å². The molecule has 0 aliphatic heterocycles. The van der Waals surface area contributed by atoms with Crippen molar-refractivity contribution in [1.29, 1.82) is 0 Å². The van der Waals surface area contributed by atoms with Crippen LogP contribution in [0.4, 0.5) is 0 Å². The summed E-state index contributed by atoms with van der Waals surface area (Å²) in [6, 6.07) is 0. The van der Waals surface area contributed by atoms with Gasteiger partial charge in [0.25, 0.3) is 0 Å². The summed E-state index contributed by atoms with van der Waals surface area (Å²) in [5, 5.41) is 12.1. The molecule has 0 unspecified atom stereocenters. The van der Waals surface area contributed by atoms with E-state index in [0.717, 1.165) is 25.8 Å². The molecule has 0 aromatic carbocycles. The zero-order valence-corrected chi connectivity index (χ0v) is 10.5. The molecule has 2 atom stereocenters. The first-order valence-electron chi connectivity index (χ1n) is 6.02. The highest BCUT2D eigenvalue weighted by Crippen LogP contribution is 2.45. The van der Waals surface area contributed by atoms with Crippen LogP contribution in [0.3, 0.4) is 0 Å². The van der Waals surface area contributed by atoms with E-state index >= 15 is 0 Å². The average Bonchev–Trinajstić information content (AvgIpc) is 3.07. The lowest BCUT2D eigenvalue weighted by atomic mass is 10.1. The summed E-state index contributed by atoms with van der Waals surface area (Å²) in [5.74, 6) is -0.353. The Morgan fingerprint density at radius 1 is 1.59 bits per heavy atom. The third kappa shape index (κ3) is 3.52. The van der Waals surface area contributed by atoms with Gasteiger partial charge in [-0.3, -0.25) is 0 Å². The number of hydrogen-bond acceptors (Lipinski definition) is 5. The molecule has 1 rings (SSSR count). The summed E-state index contributed by atoms with van der Waals surface area (Å²) in [6.45, 7) is 1.03. The zero-order valence-electron chi connectivity index (χ0n) is 10.5. The van der Waals surface area contributed by atoms with Crippen LogP contribution in [0.15, 0.2) is 12.2 Å². The molecule has 0 bridgehead atoms. The Labute approximate surface area is 102 Å². The number of methoxy groups -OCH3 is 1. The van der Waals surface area contributed by atoms with Gasteiger partial charge in [0.05, 0.1) is 7.11 Å². The van der Waals surface area contributed by atoms with E-state index in [0.29, 0.717) is 6.42 Å². The van der Waals surface area contributed by atoms with Gasteiger partial charge in [0.2, 0.25) is 0 Å². The van der Waals surface area contributed by atoms with Crippen molar-refractivity contribution in [3.8, 4) is 0 Å². The van der Waals surface area contributed by atoms with E-state index in [4.69, 9.17) is 5.21 Å². The Balaban J connectivity index is 2.25. The van der Waals surface area contributed by atoms with Crippen LogP contribution >= 0.6 is 0 Å². The number of esters is 1. The summed E-state index contributed by atoms with van der Waals surface area (Å²) < 4.78 is 4.65. The van der Waals surface area contributed by atoms with Crippen LogP contribution in [0.2, 0.25) is 0 Å². The molecule has 17 heavy (non-hydrogen) atoms. The van der Waals surface area contributed by atoms with Gasteiger partial charge < -0.3 is 15.3 Å². The summed E-state index contributed by atoms with van der Waals surface area (Å²) in [6.07, 6.45) is 7.93. The Morgan fingerprint density at radius 3 is 2.94 bits per heavy atom. The van der Waals surface area contributed by atoms with Gasteiger partial charge in [0.15, 0.2) is 0 Å². The fourth-order valence-electron chi connectivity index (χ4n) is 1.94. The predicted octanol–water partition coefficient (Wildman–Crippen LogP) is 0.843. The van der Waals surface area contributed by atoms with Crippen LogP contribution in [-0.2, 0) is 9.53 Å². The van der Waals surface area contributed by atoms with Crippen molar-refractivity contribution >= 4 is 5.97 Å². The van der Waals surface area contributed by atoms with Crippen LogP contribution in [0.1, 0.15) is 25.7 Å². The maximum atomic E-state index is 11.4. The van der Waals surface area contributed by atoms with Crippen LogP contribution < -0.4 is 10.8 Å². The van der Waals surface area contributed by atoms with E-state index in [1.54, 1.807) is 0 Å². The van der Waals surface area contributed by atoms with Gasteiger partial charge >= 0.3 is 5.97 Å². The van der Waals surface area contributed by atoms with Crippen LogP contribution in [0.5, 0.6) is 0 Å². The molecule has 0 saturated heterocycles. The SMILES string of the molecule is CNCCCC/C=C\[C@@H]1C[C@]1(NO)C(=O)OC. The predicted molar refractivity (Wildman–Crippen MR) is 64.7 cm³/mol. The number of carbonyl (C=O) groups is 1. The molecule has 0 spiro atoms. The Bertz CT molecular complexity index is 281. The monoisotopic (exact) mass is 242 g/mol. The highest BCUT2D eigenvalue weighted by molar-refractivity contribution is 5.85. The lowest BCUT2D eigenvalue weighted by Gasteiger charge is -2.10. The van der Waals surface area contributed by atoms with E-state index < -0.39 is 11.5 Å². The second kappa shape index (κ2) is 6.74. The fraction of sp³-hybridized carbons (Fsp3) is 0.750. The molecule has 0 heterocycles. The third-order valence-corrected chi connectivity index (χ3v) is 3.18. The molecule has 0 aromatic heterocycles. The van der Waals surface area contributed by atoms with Crippen molar-refractivity contribution < 1.29 is 14.7 Å². The first kappa shape index (κ1) is 14.2. The quantitative estimate of drug-likeness (QED) is 0.255. The molecular weight excluding hydrogens is 220 g/mol. The van der Waals surface area contributed by atoms with E-state index in [1.807, 2.05) is 13.1 Å². The van der Waals surface area contributed by atoms with E-state index in [2.05, 4.69) is 21.6 Å². The molecule has 0 radical (unpaired) electrons. The molecule has 0 aromatic rings. The smallest absolute Gasteiger partial charge is 0.328 e. The highest BCUT2D eigenvalue weighted by atomic mass is 16.5. The second-order valence-corrected chi connectivity index (χ2v) is 4.41. The number of hydrogen-bond donors (Lipinski definition) is 3. The molecular formula is C12H22N2O3. The number of rotatable bonds is 8. The molecule has 3 N–H and O–H groups in total. The van der Waals surface area contributed by atoms with E-state index in [9.17, 15) is 4.79 Å². The first-order chi connectivity index (χ1) is 8.21. The average molecular weight is 242 g/mol. The maximum absolute atomic E-state index is 11.4. The van der Waals surface area contributed by atoms with Crippen LogP contribution in [-0.4, -0.2) is 37.4 Å². The van der Waals surface area contributed by atoms with Gasteiger partial charge in [-0.2, -0.15) is 5.48 Å². The molecule has 1 fully saturated rings. The summed E-state index contributed by atoms with van der Waals surface area (Å²) >= 11 is 0. The van der Waals surface area contributed by atoms with Gasteiger partial charge in [-0.1, -0.05) is 12.2 Å². The number of allylic oxidation sites excluding steroid dienone is 1. The minimum Gasteiger partial charge on any atom is -0.468 e. The summed E-state index contributed by atoms with van der Waals surface area (Å²) in [7, 11) is 3.27. The van der Waals surface area contributed by atoms with Crippen molar-refractivity contribution in [3.05, 3.63) is 12.2 Å². The number of nitrogens with one attached hydrogen (secondary N) is 2. The standard InChI is InChI=1S/C12H22N2O3/c1-13-8-6-4-3-5-7-10-9-12(10,14-16)11(15)17-2/h5,7,10,13-14,16H,3-4,6,8-9H2,1-2H3/b7-5-/t10-,12-/m1/s1. The number of carbonyl (C=O) groups excluding carboxylic acids is 1. The van der Waals surface area contributed by atoms with Gasteiger partial charge in [-0.05, 0) is 39.3 Å².